The van der Waals surface area contributed by atoms with Crippen molar-refractivity contribution in [2.24, 2.45) is 0 Å². The van der Waals surface area contributed by atoms with Crippen LogP contribution in [0.4, 0.5) is 5.95 Å². The van der Waals surface area contributed by atoms with E-state index < -0.39 is 0 Å². The maximum Gasteiger partial charge on any atom is 0.245 e. The van der Waals surface area contributed by atoms with Gasteiger partial charge in [0.15, 0.2) is 5.82 Å². The van der Waals surface area contributed by atoms with Crippen LogP contribution < -0.4 is 10.2 Å². The molecule has 100 valence electrons. The second-order valence-corrected chi connectivity index (χ2v) is 4.67. The van der Waals surface area contributed by atoms with Gasteiger partial charge in [0.2, 0.25) is 5.95 Å². The maximum atomic E-state index is 4.53. The minimum Gasteiger partial charge on any atom is -0.339 e. The molecule has 2 N–H and O–H groups in total. The predicted molar refractivity (Wildman–Crippen MR) is 71.7 cm³/mol. The lowest BCUT2D eigenvalue weighted by atomic mass is 10.1. The molecule has 3 rings (SSSR count). The van der Waals surface area contributed by atoms with Crippen molar-refractivity contribution in [3.63, 3.8) is 0 Å². The summed E-state index contributed by atoms with van der Waals surface area (Å²) in [5.74, 6) is 1.50. The minimum atomic E-state index is 0.610. The molecule has 0 amide bonds. The summed E-state index contributed by atoms with van der Waals surface area (Å²) in [6.45, 7) is 1.97. The number of anilines is 1. The topological polar surface area (TPSA) is 82.6 Å². The van der Waals surface area contributed by atoms with E-state index in [-0.39, 0.29) is 0 Å². The Bertz CT molecular complexity index is 516. The van der Waals surface area contributed by atoms with Crippen LogP contribution in [0.5, 0.6) is 0 Å². The first-order valence-electron chi connectivity index (χ1n) is 6.48. The Morgan fingerprint density at radius 1 is 1.32 bits per heavy atom. The number of nitrogens with one attached hydrogen (secondary N) is 2. The summed E-state index contributed by atoms with van der Waals surface area (Å²) in [5, 5.41) is 18.2. The highest BCUT2D eigenvalue weighted by molar-refractivity contribution is 5.54. The van der Waals surface area contributed by atoms with E-state index in [1.54, 1.807) is 12.4 Å². The standard InChI is InChI=1S/C12H17N7/c1-13-10-3-6-19(7-4-10)12-16-11(17-18-12)9-2-5-14-15-8-9/h2,5,8,10,13H,3-4,6-7H2,1H3,(H,16,17,18). The molecule has 1 saturated heterocycles. The summed E-state index contributed by atoms with van der Waals surface area (Å²) in [6, 6.07) is 2.48. The Kier molecular flexibility index (Phi) is 3.37. The summed E-state index contributed by atoms with van der Waals surface area (Å²) in [6.07, 6.45) is 5.57. The Balaban J connectivity index is 1.72. The van der Waals surface area contributed by atoms with Crippen molar-refractivity contribution in [3.05, 3.63) is 18.5 Å². The molecule has 0 bridgehead atoms. The Morgan fingerprint density at radius 2 is 2.16 bits per heavy atom. The van der Waals surface area contributed by atoms with E-state index in [2.05, 4.69) is 35.6 Å². The molecule has 7 heteroatoms. The number of rotatable bonds is 3. The number of nitrogens with zero attached hydrogens (tertiary/aromatic N) is 5. The van der Waals surface area contributed by atoms with Gasteiger partial charge in [0.05, 0.1) is 12.4 Å². The molecule has 0 aliphatic carbocycles. The molecule has 1 fully saturated rings. The maximum absolute atomic E-state index is 4.53. The summed E-state index contributed by atoms with van der Waals surface area (Å²) in [7, 11) is 2.02. The average Bonchev–Trinajstić information content (AvgIpc) is 2.98. The molecule has 0 saturated carbocycles. The highest BCUT2D eigenvalue weighted by atomic mass is 15.4. The van der Waals surface area contributed by atoms with Gasteiger partial charge in [-0.25, -0.2) is 0 Å². The number of aromatic nitrogens is 5. The first kappa shape index (κ1) is 12.0. The first-order chi connectivity index (χ1) is 9.36. The van der Waals surface area contributed by atoms with Gasteiger partial charge in [0, 0.05) is 24.7 Å². The van der Waals surface area contributed by atoms with E-state index in [0.29, 0.717) is 6.04 Å². The smallest absolute Gasteiger partial charge is 0.245 e. The third-order valence-electron chi connectivity index (χ3n) is 3.52. The highest BCUT2D eigenvalue weighted by Crippen LogP contribution is 2.19. The van der Waals surface area contributed by atoms with E-state index in [1.165, 1.54) is 0 Å². The third kappa shape index (κ3) is 2.55. The molecule has 2 aromatic heterocycles. The summed E-state index contributed by atoms with van der Waals surface area (Å²) < 4.78 is 0. The zero-order valence-corrected chi connectivity index (χ0v) is 10.9. The van der Waals surface area contributed by atoms with Crippen LogP contribution in [0, 0.1) is 0 Å². The molecular formula is C12H17N7. The van der Waals surface area contributed by atoms with Crippen LogP contribution in [-0.4, -0.2) is 51.6 Å². The Morgan fingerprint density at radius 3 is 2.84 bits per heavy atom. The number of hydrogen-bond donors (Lipinski definition) is 2. The lowest BCUT2D eigenvalue weighted by Crippen LogP contribution is -2.41. The average molecular weight is 259 g/mol. The van der Waals surface area contributed by atoms with Crippen LogP contribution in [0.15, 0.2) is 18.5 Å². The quantitative estimate of drug-likeness (QED) is 0.832. The van der Waals surface area contributed by atoms with E-state index in [4.69, 9.17) is 0 Å². The van der Waals surface area contributed by atoms with E-state index >= 15 is 0 Å². The van der Waals surface area contributed by atoms with Crippen molar-refractivity contribution < 1.29 is 0 Å². The largest absolute Gasteiger partial charge is 0.339 e. The molecule has 19 heavy (non-hydrogen) atoms. The fourth-order valence-electron chi connectivity index (χ4n) is 2.32. The van der Waals surface area contributed by atoms with Gasteiger partial charge in [0.25, 0.3) is 0 Å². The second-order valence-electron chi connectivity index (χ2n) is 4.67. The molecule has 0 aromatic carbocycles. The normalized spacial score (nSPS) is 16.8. The number of H-pyrrole nitrogens is 1. The first-order valence-corrected chi connectivity index (χ1v) is 6.48. The molecule has 0 spiro atoms. The van der Waals surface area contributed by atoms with Gasteiger partial charge in [0.1, 0.15) is 0 Å². The highest BCUT2D eigenvalue weighted by Gasteiger charge is 2.20. The fourth-order valence-corrected chi connectivity index (χ4v) is 2.32. The van der Waals surface area contributed by atoms with Crippen LogP contribution in [0.25, 0.3) is 11.4 Å². The lowest BCUT2D eigenvalue weighted by Gasteiger charge is -2.30. The molecule has 0 radical (unpaired) electrons. The van der Waals surface area contributed by atoms with Gasteiger partial charge >= 0.3 is 0 Å². The van der Waals surface area contributed by atoms with Gasteiger partial charge in [-0.1, -0.05) is 0 Å². The Hall–Kier alpha value is -2.02. The molecule has 1 aliphatic rings. The molecule has 0 unspecified atom stereocenters. The van der Waals surface area contributed by atoms with Crippen molar-refractivity contribution >= 4 is 5.95 Å². The third-order valence-corrected chi connectivity index (χ3v) is 3.52. The van der Waals surface area contributed by atoms with Crippen molar-refractivity contribution in [2.45, 2.75) is 18.9 Å². The van der Waals surface area contributed by atoms with Gasteiger partial charge in [-0.3, -0.25) is 5.10 Å². The predicted octanol–water partition coefficient (Wildman–Crippen LogP) is 0.450. The lowest BCUT2D eigenvalue weighted by molar-refractivity contribution is 0.439. The molecule has 0 atom stereocenters. The Labute approximate surface area is 111 Å². The number of hydrogen-bond acceptors (Lipinski definition) is 6. The molecule has 7 nitrogen and oxygen atoms in total. The van der Waals surface area contributed by atoms with E-state index in [9.17, 15) is 0 Å². The fraction of sp³-hybridized carbons (Fsp3) is 0.500. The van der Waals surface area contributed by atoms with Crippen molar-refractivity contribution in [3.8, 4) is 11.4 Å². The van der Waals surface area contributed by atoms with Gasteiger partial charge in [-0.2, -0.15) is 15.2 Å². The summed E-state index contributed by atoms with van der Waals surface area (Å²) in [5.41, 5.74) is 0.902. The second kappa shape index (κ2) is 5.31. The molecule has 3 heterocycles. The minimum absolute atomic E-state index is 0.610. The number of aromatic amines is 1. The van der Waals surface area contributed by atoms with Crippen molar-refractivity contribution in [1.82, 2.24) is 30.7 Å². The van der Waals surface area contributed by atoms with Gasteiger partial charge in [-0.15, -0.1) is 5.10 Å². The van der Waals surface area contributed by atoms with Crippen molar-refractivity contribution in [2.75, 3.05) is 25.0 Å². The zero-order chi connectivity index (χ0) is 13.1. The molecule has 1 aliphatic heterocycles. The van der Waals surface area contributed by atoms with Crippen LogP contribution in [0.2, 0.25) is 0 Å². The molecule has 2 aromatic rings. The van der Waals surface area contributed by atoms with Crippen LogP contribution in [0.1, 0.15) is 12.8 Å². The van der Waals surface area contributed by atoms with Crippen LogP contribution in [-0.2, 0) is 0 Å². The summed E-state index contributed by atoms with van der Waals surface area (Å²) in [4.78, 5) is 6.74. The number of piperidine rings is 1. The summed E-state index contributed by atoms with van der Waals surface area (Å²) >= 11 is 0. The van der Waals surface area contributed by atoms with Crippen LogP contribution >= 0.6 is 0 Å². The van der Waals surface area contributed by atoms with Crippen molar-refractivity contribution in [1.29, 1.82) is 0 Å². The van der Waals surface area contributed by atoms with Gasteiger partial charge in [-0.05, 0) is 26.0 Å². The molecular weight excluding hydrogens is 242 g/mol. The van der Waals surface area contributed by atoms with Crippen LogP contribution in [0.3, 0.4) is 0 Å². The van der Waals surface area contributed by atoms with E-state index in [0.717, 1.165) is 43.3 Å². The monoisotopic (exact) mass is 259 g/mol. The van der Waals surface area contributed by atoms with E-state index in [1.807, 2.05) is 13.1 Å². The zero-order valence-electron chi connectivity index (χ0n) is 10.9. The van der Waals surface area contributed by atoms with Gasteiger partial charge < -0.3 is 10.2 Å². The SMILES string of the molecule is CNC1CCN(c2n[nH]c(-c3ccnnc3)n2)CC1.